The van der Waals surface area contributed by atoms with Crippen molar-refractivity contribution < 1.29 is 0 Å². The van der Waals surface area contributed by atoms with Crippen molar-refractivity contribution in [1.29, 1.82) is 0 Å². The number of amidine groups is 1. The van der Waals surface area contributed by atoms with Gasteiger partial charge in [-0.3, -0.25) is 9.98 Å². The van der Waals surface area contributed by atoms with E-state index < -0.39 is 0 Å². The van der Waals surface area contributed by atoms with Crippen LogP contribution in [0.1, 0.15) is 30.4 Å². The first-order chi connectivity index (χ1) is 14.8. The molecule has 2 aliphatic rings. The topological polar surface area (TPSA) is 33.4 Å². The lowest BCUT2D eigenvalue weighted by Crippen LogP contribution is -2.30. The standard InChI is InChI=1S/C25H22N4S/c1-17-16-29-24(23(27-25(29)30-17)21-9-4-5-13-26-21)22-10-6-14-28(22)20-12-11-18-7-2-3-8-19(18)15-20/h2-15,17,23-24H,16H2,1H3/t17-,23+,24-/m0/s1. The minimum Gasteiger partial charge on any atom is -0.339 e. The molecular formula is C25H22N4S. The molecule has 30 heavy (non-hydrogen) atoms. The molecule has 3 atom stereocenters. The van der Waals surface area contributed by atoms with Crippen LogP contribution in [-0.4, -0.2) is 31.4 Å². The number of pyridine rings is 1. The van der Waals surface area contributed by atoms with Gasteiger partial charge in [0, 0.05) is 35.6 Å². The fourth-order valence-electron chi connectivity index (χ4n) is 4.63. The van der Waals surface area contributed by atoms with Gasteiger partial charge in [-0.25, -0.2) is 0 Å². The van der Waals surface area contributed by atoms with Crippen LogP contribution in [0.2, 0.25) is 0 Å². The van der Waals surface area contributed by atoms with Gasteiger partial charge in [0.15, 0.2) is 5.17 Å². The molecule has 0 aliphatic carbocycles. The summed E-state index contributed by atoms with van der Waals surface area (Å²) in [5, 5.41) is 4.22. The highest BCUT2D eigenvalue weighted by atomic mass is 32.2. The van der Waals surface area contributed by atoms with Crippen LogP contribution >= 0.6 is 11.8 Å². The van der Waals surface area contributed by atoms with E-state index in [0.29, 0.717) is 5.25 Å². The molecule has 6 rings (SSSR count). The molecule has 2 aromatic carbocycles. The smallest absolute Gasteiger partial charge is 0.160 e. The largest absolute Gasteiger partial charge is 0.339 e. The number of hydrogen-bond donors (Lipinski definition) is 0. The molecule has 0 radical (unpaired) electrons. The van der Waals surface area contributed by atoms with E-state index in [-0.39, 0.29) is 12.1 Å². The van der Waals surface area contributed by atoms with Crippen molar-refractivity contribution in [3.63, 3.8) is 0 Å². The maximum Gasteiger partial charge on any atom is 0.160 e. The second kappa shape index (κ2) is 7.03. The van der Waals surface area contributed by atoms with Gasteiger partial charge in [-0.05, 0) is 47.2 Å². The molecule has 2 aromatic heterocycles. The number of fused-ring (bicyclic) bond motifs is 2. The summed E-state index contributed by atoms with van der Waals surface area (Å²) in [5.41, 5.74) is 3.47. The summed E-state index contributed by atoms with van der Waals surface area (Å²) in [5.74, 6) is 0. The predicted octanol–water partition coefficient (Wildman–Crippen LogP) is 5.61. The zero-order valence-electron chi connectivity index (χ0n) is 16.7. The number of rotatable bonds is 3. The van der Waals surface area contributed by atoms with E-state index in [0.717, 1.165) is 17.4 Å². The highest BCUT2D eigenvalue weighted by molar-refractivity contribution is 8.14. The first-order valence-corrected chi connectivity index (χ1v) is 11.2. The lowest BCUT2D eigenvalue weighted by atomic mass is 10.0. The van der Waals surface area contributed by atoms with Crippen LogP contribution in [0.4, 0.5) is 0 Å². The monoisotopic (exact) mass is 410 g/mol. The quantitative estimate of drug-likeness (QED) is 0.440. The van der Waals surface area contributed by atoms with E-state index in [4.69, 9.17) is 4.99 Å². The van der Waals surface area contributed by atoms with Gasteiger partial charge in [-0.15, -0.1) is 0 Å². The molecule has 0 unspecified atom stereocenters. The van der Waals surface area contributed by atoms with Gasteiger partial charge in [0.05, 0.1) is 11.7 Å². The second-order valence-corrected chi connectivity index (χ2v) is 9.38. The van der Waals surface area contributed by atoms with Crippen LogP contribution in [0.25, 0.3) is 16.5 Å². The van der Waals surface area contributed by atoms with Crippen LogP contribution in [0, 0.1) is 0 Å². The van der Waals surface area contributed by atoms with Crippen molar-refractivity contribution in [2.24, 2.45) is 4.99 Å². The summed E-state index contributed by atoms with van der Waals surface area (Å²) in [6, 6.07) is 25.9. The third-order valence-corrected chi connectivity index (χ3v) is 7.08. The maximum atomic E-state index is 5.12. The van der Waals surface area contributed by atoms with Gasteiger partial charge >= 0.3 is 0 Å². The zero-order valence-corrected chi connectivity index (χ0v) is 17.5. The average Bonchev–Trinajstić information content (AvgIpc) is 3.48. The Morgan fingerprint density at radius 1 is 0.933 bits per heavy atom. The molecule has 2 aliphatic heterocycles. The Labute approximate surface area is 180 Å². The van der Waals surface area contributed by atoms with Crippen molar-refractivity contribution in [3.8, 4) is 5.69 Å². The van der Waals surface area contributed by atoms with E-state index in [1.807, 2.05) is 24.0 Å². The van der Waals surface area contributed by atoms with Crippen LogP contribution < -0.4 is 0 Å². The Balaban J connectivity index is 1.47. The third kappa shape index (κ3) is 2.84. The molecule has 4 heterocycles. The first-order valence-electron chi connectivity index (χ1n) is 10.4. The Morgan fingerprint density at radius 2 is 1.80 bits per heavy atom. The van der Waals surface area contributed by atoms with E-state index in [1.54, 1.807) is 0 Å². The van der Waals surface area contributed by atoms with Crippen molar-refractivity contribution in [2.75, 3.05) is 6.54 Å². The minimum absolute atomic E-state index is 0.00954. The molecule has 1 fully saturated rings. The Hall–Kier alpha value is -3.05. The van der Waals surface area contributed by atoms with Gasteiger partial charge in [0.25, 0.3) is 0 Å². The van der Waals surface area contributed by atoms with Crippen LogP contribution in [-0.2, 0) is 0 Å². The molecule has 148 valence electrons. The van der Waals surface area contributed by atoms with Gasteiger partial charge in [-0.2, -0.15) is 0 Å². The summed E-state index contributed by atoms with van der Waals surface area (Å²) < 4.78 is 2.32. The molecule has 1 saturated heterocycles. The summed E-state index contributed by atoms with van der Waals surface area (Å²) in [6.07, 6.45) is 4.04. The molecule has 0 bridgehead atoms. The number of aromatic nitrogens is 2. The van der Waals surface area contributed by atoms with E-state index in [1.165, 1.54) is 22.2 Å². The van der Waals surface area contributed by atoms with Crippen LogP contribution in [0.5, 0.6) is 0 Å². The number of hydrogen-bond acceptors (Lipinski definition) is 4. The lowest BCUT2D eigenvalue weighted by molar-refractivity contribution is 0.312. The highest BCUT2D eigenvalue weighted by Gasteiger charge is 2.44. The highest BCUT2D eigenvalue weighted by Crippen LogP contribution is 2.47. The van der Waals surface area contributed by atoms with E-state index >= 15 is 0 Å². The van der Waals surface area contributed by atoms with Gasteiger partial charge < -0.3 is 9.47 Å². The third-order valence-electron chi connectivity index (χ3n) is 5.98. The Bertz CT molecular complexity index is 1250. The molecule has 5 heteroatoms. The van der Waals surface area contributed by atoms with Gasteiger partial charge in [0.1, 0.15) is 6.04 Å². The summed E-state index contributed by atoms with van der Waals surface area (Å²) in [6.45, 7) is 3.29. The van der Waals surface area contributed by atoms with Crippen molar-refractivity contribution in [2.45, 2.75) is 24.3 Å². The van der Waals surface area contributed by atoms with Crippen molar-refractivity contribution in [1.82, 2.24) is 14.5 Å². The Kier molecular flexibility index (Phi) is 4.16. The molecular weight excluding hydrogens is 388 g/mol. The number of benzene rings is 2. The second-order valence-electron chi connectivity index (χ2n) is 7.97. The minimum atomic E-state index is 0.00954. The normalized spacial score (nSPS) is 23.0. The van der Waals surface area contributed by atoms with Crippen LogP contribution in [0.3, 0.4) is 0 Å². The SMILES string of the molecule is C[C@H]1CN2C(=N[C@H](c3ccccn3)[C@@H]2c2cccn2-c2ccc3ccccc3c2)S1. The molecule has 0 amide bonds. The molecule has 0 N–H and O–H groups in total. The van der Waals surface area contributed by atoms with Gasteiger partial charge in [-0.1, -0.05) is 55.1 Å². The predicted molar refractivity (Wildman–Crippen MR) is 124 cm³/mol. The van der Waals surface area contributed by atoms with E-state index in [2.05, 4.69) is 94.3 Å². The number of aliphatic imine (C=N–C) groups is 1. The summed E-state index contributed by atoms with van der Waals surface area (Å²) in [7, 11) is 0. The van der Waals surface area contributed by atoms with Crippen LogP contribution in [0.15, 0.2) is 90.2 Å². The lowest BCUT2D eigenvalue weighted by Gasteiger charge is -2.28. The molecule has 4 aromatic rings. The first kappa shape index (κ1) is 17.8. The number of thioether (sulfide) groups is 1. The molecule has 4 nitrogen and oxygen atoms in total. The maximum absolute atomic E-state index is 5.12. The number of nitrogens with zero attached hydrogens (tertiary/aromatic N) is 4. The summed E-state index contributed by atoms with van der Waals surface area (Å²) >= 11 is 1.88. The Morgan fingerprint density at radius 3 is 2.67 bits per heavy atom. The van der Waals surface area contributed by atoms with Gasteiger partial charge in [0.2, 0.25) is 0 Å². The van der Waals surface area contributed by atoms with E-state index in [9.17, 15) is 0 Å². The summed E-state index contributed by atoms with van der Waals surface area (Å²) in [4.78, 5) is 12.3. The van der Waals surface area contributed by atoms with Crippen molar-refractivity contribution in [3.05, 3.63) is 96.6 Å². The zero-order chi connectivity index (χ0) is 20.1. The average molecular weight is 411 g/mol. The molecule has 0 spiro atoms. The fraction of sp³-hybridized carbons (Fsp3) is 0.200. The van der Waals surface area contributed by atoms with Crippen molar-refractivity contribution >= 4 is 27.7 Å². The molecule has 0 saturated carbocycles. The fourth-order valence-corrected chi connectivity index (χ4v) is 5.73.